The smallest absolute Gasteiger partial charge is 0.256 e. The van der Waals surface area contributed by atoms with Crippen LogP contribution in [0.15, 0.2) is 18.7 Å². The molecule has 37 heavy (non-hydrogen) atoms. The first-order valence-electron chi connectivity index (χ1n) is 11.4. The average Bonchev–Trinajstić information content (AvgIpc) is 3.40. The van der Waals surface area contributed by atoms with E-state index < -0.39 is 11.7 Å². The molecular weight excluding hydrogens is 522 g/mol. The second-order valence-electron chi connectivity index (χ2n) is 8.87. The molecular formula is C25H21ClF2N6O2S. The lowest BCUT2D eigenvalue weighted by Crippen LogP contribution is -2.57. The summed E-state index contributed by atoms with van der Waals surface area (Å²) in [5, 5.41) is 14.5. The van der Waals surface area contributed by atoms with Gasteiger partial charge in [-0.2, -0.15) is 10.4 Å². The summed E-state index contributed by atoms with van der Waals surface area (Å²) in [7, 11) is 0. The van der Waals surface area contributed by atoms with E-state index in [0.717, 1.165) is 17.4 Å². The van der Waals surface area contributed by atoms with E-state index in [1.54, 1.807) is 21.4 Å². The highest BCUT2D eigenvalue weighted by Gasteiger charge is 2.36. The number of anilines is 1. The monoisotopic (exact) mass is 542 g/mol. The van der Waals surface area contributed by atoms with Crippen molar-refractivity contribution in [1.82, 2.24) is 19.6 Å². The zero-order chi connectivity index (χ0) is 26.6. The fourth-order valence-corrected chi connectivity index (χ4v) is 6.45. The summed E-state index contributed by atoms with van der Waals surface area (Å²) in [5.41, 5.74) is 6.70. The minimum absolute atomic E-state index is 0.0197. The van der Waals surface area contributed by atoms with Gasteiger partial charge < -0.3 is 15.5 Å². The lowest BCUT2D eigenvalue weighted by Gasteiger charge is -2.42. The zero-order valence-electron chi connectivity index (χ0n) is 19.7. The molecule has 12 heteroatoms. The van der Waals surface area contributed by atoms with Crippen molar-refractivity contribution in [2.24, 2.45) is 0 Å². The standard InChI is InChI=1S/C25H21ClF2N6O2S/c1-3-18(35)32-6-7-33-13(11-32)4-5-34-22-14(25(33)36)8-16(28)20(21(22)23(26)31-34)12(2)19-15(10-29)24(30)37-17(19)9-27/h3,8-9,13H,1,4-7,11,30H2,2H3/b17-9-,19-12+/t13-/m0/s1. The van der Waals surface area contributed by atoms with Crippen LogP contribution in [0.25, 0.3) is 22.8 Å². The van der Waals surface area contributed by atoms with Crippen LogP contribution < -0.4 is 15.5 Å². The first-order valence-corrected chi connectivity index (χ1v) is 12.6. The van der Waals surface area contributed by atoms with Gasteiger partial charge in [-0.3, -0.25) is 14.3 Å². The van der Waals surface area contributed by atoms with Crippen LogP contribution >= 0.6 is 22.9 Å². The van der Waals surface area contributed by atoms with Gasteiger partial charge in [0, 0.05) is 37.0 Å². The number of thiophene rings is 1. The molecule has 5 rings (SSSR count). The fraction of sp³-hybridized carbons (Fsp3) is 0.280. The van der Waals surface area contributed by atoms with Gasteiger partial charge in [0.25, 0.3) is 5.91 Å². The maximum atomic E-state index is 15.9. The SMILES string of the molecule is C=CC(=O)N1CCN2C(=O)c3cc(F)c(/C(C)=c4\c(C#N)c(N)s\c4=C/F)c4c(Cl)nn(c34)CC[C@H]2C1. The summed E-state index contributed by atoms with van der Waals surface area (Å²) in [6.45, 7) is 6.41. The third-order valence-electron chi connectivity index (χ3n) is 6.98. The molecule has 0 spiro atoms. The lowest BCUT2D eigenvalue weighted by molar-refractivity contribution is -0.128. The number of halogens is 3. The van der Waals surface area contributed by atoms with E-state index in [1.165, 1.54) is 6.08 Å². The number of fused-ring (bicyclic) bond motifs is 1. The molecule has 2 aromatic heterocycles. The van der Waals surface area contributed by atoms with E-state index in [0.29, 0.717) is 37.9 Å². The van der Waals surface area contributed by atoms with Crippen molar-refractivity contribution in [2.45, 2.75) is 25.9 Å². The molecule has 0 aliphatic carbocycles. The minimum Gasteiger partial charge on any atom is -0.389 e. The first kappa shape index (κ1) is 24.9. The quantitative estimate of drug-likeness (QED) is 0.501. The summed E-state index contributed by atoms with van der Waals surface area (Å²) >= 11 is 7.42. The average molecular weight is 543 g/mol. The predicted octanol–water partition coefficient (Wildman–Crippen LogP) is 2.51. The number of carbonyl (C=O) groups excluding carboxylic acids is 2. The Balaban J connectivity index is 1.74. The van der Waals surface area contributed by atoms with Gasteiger partial charge in [0.1, 0.15) is 23.2 Å². The Labute approximate surface area is 219 Å². The highest BCUT2D eigenvalue weighted by atomic mass is 35.5. The summed E-state index contributed by atoms with van der Waals surface area (Å²) in [4.78, 5) is 29.2. The third-order valence-corrected chi connectivity index (χ3v) is 8.18. The van der Waals surface area contributed by atoms with Crippen molar-refractivity contribution >= 4 is 62.6 Å². The van der Waals surface area contributed by atoms with Crippen molar-refractivity contribution in [2.75, 3.05) is 25.4 Å². The van der Waals surface area contributed by atoms with Crippen molar-refractivity contribution in [3.8, 4) is 6.07 Å². The highest BCUT2D eigenvalue weighted by molar-refractivity contribution is 7.14. The molecule has 190 valence electrons. The van der Waals surface area contributed by atoms with Crippen LogP contribution in [0.4, 0.5) is 13.8 Å². The van der Waals surface area contributed by atoms with Crippen molar-refractivity contribution < 1.29 is 18.4 Å². The Morgan fingerprint density at radius 2 is 2.16 bits per heavy atom. The Kier molecular flexibility index (Phi) is 6.25. The topological polar surface area (TPSA) is 108 Å². The van der Waals surface area contributed by atoms with Crippen LogP contribution in [0.2, 0.25) is 5.15 Å². The molecule has 8 nitrogen and oxygen atoms in total. The van der Waals surface area contributed by atoms with Gasteiger partial charge in [0.15, 0.2) is 5.15 Å². The maximum absolute atomic E-state index is 15.9. The van der Waals surface area contributed by atoms with Gasteiger partial charge in [-0.1, -0.05) is 18.2 Å². The number of hydrogen-bond acceptors (Lipinski definition) is 6. The largest absolute Gasteiger partial charge is 0.389 e. The normalized spacial score (nSPS) is 18.8. The number of hydrogen-bond donors (Lipinski definition) is 1. The number of rotatable bonds is 2. The fourth-order valence-electron chi connectivity index (χ4n) is 5.28. The summed E-state index contributed by atoms with van der Waals surface area (Å²) < 4.78 is 31.2. The molecule has 0 unspecified atom stereocenters. The van der Waals surface area contributed by atoms with Crippen LogP contribution in [0.3, 0.4) is 0 Å². The molecule has 1 aromatic carbocycles. The molecule has 2 aliphatic rings. The highest BCUT2D eigenvalue weighted by Crippen LogP contribution is 2.37. The van der Waals surface area contributed by atoms with Crippen molar-refractivity contribution in [1.29, 1.82) is 5.26 Å². The van der Waals surface area contributed by atoms with Crippen LogP contribution in [-0.4, -0.2) is 57.1 Å². The van der Waals surface area contributed by atoms with E-state index in [2.05, 4.69) is 11.7 Å². The molecule has 2 aliphatic heterocycles. The van der Waals surface area contributed by atoms with Crippen LogP contribution in [0.5, 0.6) is 0 Å². The van der Waals surface area contributed by atoms with Crippen molar-refractivity contribution in [3.05, 3.63) is 56.1 Å². The maximum Gasteiger partial charge on any atom is 0.256 e. The Morgan fingerprint density at radius 1 is 1.41 bits per heavy atom. The van der Waals surface area contributed by atoms with Gasteiger partial charge in [0.2, 0.25) is 5.91 Å². The second kappa shape index (κ2) is 9.28. The number of aromatic nitrogens is 2. The number of aryl methyl sites for hydroxylation is 1. The Morgan fingerprint density at radius 3 is 2.84 bits per heavy atom. The number of carbonyl (C=O) groups is 2. The molecule has 1 fully saturated rings. The van der Waals surface area contributed by atoms with E-state index in [1.807, 2.05) is 6.07 Å². The van der Waals surface area contributed by atoms with Gasteiger partial charge in [-0.25, -0.2) is 8.78 Å². The second-order valence-corrected chi connectivity index (χ2v) is 10.3. The van der Waals surface area contributed by atoms with Gasteiger partial charge in [0.05, 0.1) is 32.6 Å². The van der Waals surface area contributed by atoms with E-state index in [4.69, 9.17) is 17.3 Å². The molecule has 1 atom stereocenters. The number of nitriles is 1. The first-order chi connectivity index (χ1) is 17.7. The van der Waals surface area contributed by atoms with E-state index in [-0.39, 0.29) is 66.0 Å². The summed E-state index contributed by atoms with van der Waals surface area (Å²) in [6, 6.07) is 2.82. The van der Waals surface area contributed by atoms with E-state index in [9.17, 15) is 19.2 Å². The minimum atomic E-state index is -0.758. The van der Waals surface area contributed by atoms with Crippen LogP contribution in [0, 0.1) is 17.1 Å². The van der Waals surface area contributed by atoms with Crippen molar-refractivity contribution in [3.63, 3.8) is 0 Å². The van der Waals surface area contributed by atoms with E-state index >= 15 is 4.39 Å². The number of nitrogen functional groups attached to an aromatic ring is 1. The number of piperazine rings is 1. The molecule has 0 bridgehead atoms. The van der Waals surface area contributed by atoms with Gasteiger partial charge >= 0.3 is 0 Å². The summed E-state index contributed by atoms with van der Waals surface area (Å²) in [6.07, 6.45) is 2.07. The van der Waals surface area contributed by atoms with Gasteiger partial charge in [-0.05, 0) is 31.1 Å². The van der Waals surface area contributed by atoms with Crippen LogP contribution in [0.1, 0.15) is 34.8 Å². The zero-order valence-corrected chi connectivity index (χ0v) is 21.3. The molecule has 3 aromatic rings. The molecule has 0 saturated carbocycles. The predicted molar refractivity (Wildman–Crippen MR) is 137 cm³/mol. The summed E-state index contributed by atoms with van der Waals surface area (Å²) in [5.74, 6) is -1.36. The van der Waals surface area contributed by atoms with Crippen LogP contribution in [-0.2, 0) is 11.3 Å². The molecule has 1 saturated heterocycles. The Hall–Kier alpha value is -3.75. The Bertz CT molecular complexity index is 1670. The molecule has 2 amide bonds. The number of benzene rings is 1. The number of nitrogens with two attached hydrogens (primary N) is 1. The number of amides is 2. The van der Waals surface area contributed by atoms with Gasteiger partial charge in [-0.15, -0.1) is 11.3 Å². The molecule has 4 heterocycles. The lowest BCUT2D eigenvalue weighted by atomic mass is 9.95. The number of nitrogens with zero attached hydrogens (tertiary/aromatic N) is 5. The molecule has 0 radical (unpaired) electrons. The third kappa shape index (κ3) is 3.79. The molecule has 2 N–H and O–H groups in total.